The van der Waals surface area contributed by atoms with Gasteiger partial charge in [0.1, 0.15) is 5.82 Å². The number of likely N-dealkylation sites (tertiary alicyclic amines) is 1. The summed E-state index contributed by atoms with van der Waals surface area (Å²) in [5.41, 5.74) is 2.11. The maximum Gasteiger partial charge on any atom is 0.191 e. The van der Waals surface area contributed by atoms with Gasteiger partial charge in [0.2, 0.25) is 0 Å². The molecular formula is C22H33FIN5. The zero-order valence-electron chi connectivity index (χ0n) is 17.2. The molecule has 0 unspecified atom stereocenters. The van der Waals surface area contributed by atoms with E-state index < -0.39 is 0 Å². The van der Waals surface area contributed by atoms with Crippen LogP contribution < -0.4 is 10.6 Å². The first-order chi connectivity index (χ1) is 13.7. The van der Waals surface area contributed by atoms with Crippen molar-refractivity contribution in [2.24, 2.45) is 4.99 Å². The number of H-pyrrole nitrogens is 1. The van der Waals surface area contributed by atoms with E-state index in [1.54, 1.807) is 12.1 Å². The third-order valence-corrected chi connectivity index (χ3v) is 6.35. The van der Waals surface area contributed by atoms with Crippen LogP contribution in [0.1, 0.15) is 44.1 Å². The maximum absolute atomic E-state index is 13.5. The van der Waals surface area contributed by atoms with E-state index >= 15 is 0 Å². The number of piperidine rings is 1. The number of guanidine groups is 1. The van der Waals surface area contributed by atoms with Gasteiger partial charge < -0.3 is 20.5 Å². The van der Waals surface area contributed by atoms with Crippen LogP contribution in [0.5, 0.6) is 0 Å². The molecule has 0 bridgehead atoms. The number of fused-ring (bicyclic) bond motifs is 1. The van der Waals surface area contributed by atoms with Crippen molar-refractivity contribution in [3.8, 4) is 0 Å². The Labute approximate surface area is 189 Å². The predicted octanol–water partition coefficient (Wildman–Crippen LogP) is 4.04. The summed E-state index contributed by atoms with van der Waals surface area (Å²) in [6.45, 7) is 3.16. The van der Waals surface area contributed by atoms with Gasteiger partial charge in [-0.15, -0.1) is 24.0 Å². The number of aromatic nitrogens is 1. The topological polar surface area (TPSA) is 55.5 Å². The highest BCUT2D eigenvalue weighted by Crippen LogP contribution is 2.26. The number of rotatable bonds is 5. The number of aliphatic imine (C=N–C) groups is 1. The Bertz CT molecular complexity index is 807. The highest BCUT2D eigenvalue weighted by atomic mass is 127. The van der Waals surface area contributed by atoms with Crippen LogP contribution in [-0.2, 0) is 6.42 Å². The first-order valence-corrected chi connectivity index (χ1v) is 10.7. The van der Waals surface area contributed by atoms with E-state index in [0.29, 0.717) is 6.04 Å². The molecule has 4 rings (SSSR count). The van der Waals surface area contributed by atoms with Gasteiger partial charge in [0, 0.05) is 55.9 Å². The lowest BCUT2D eigenvalue weighted by Crippen LogP contribution is -2.50. The molecule has 0 spiro atoms. The summed E-state index contributed by atoms with van der Waals surface area (Å²) in [5, 5.41) is 7.97. The lowest BCUT2D eigenvalue weighted by molar-refractivity contribution is 0.150. The van der Waals surface area contributed by atoms with E-state index in [1.807, 2.05) is 13.2 Å². The average Bonchev–Trinajstić information content (AvgIpc) is 3.38. The average molecular weight is 513 g/mol. The van der Waals surface area contributed by atoms with Crippen molar-refractivity contribution in [1.82, 2.24) is 20.5 Å². The highest BCUT2D eigenvalue weighted by Gasteiger charge is 2.27. The van der Waals surface area contributed by atoms with E-state index in [4.69, 9.17) is 0 Å². The molecule has 0 radical (unpaired) electrons. The second-order valence-corrected chi connectivity index (χ2v) is 8.15. The van der Waals surface area contributed by atoms with Gasteiger partial charge in [-0.1, -0.05) is 12.8 Å². The molecule has 0 atom stereocenters. The second kappa shape index (κ2) is 10.6. The highest BCUT2D eigenvalue weighted by molar-refractivity contribution is 14.0. The summed E-state index contributed by atoms with van der Waals surface area (Å²) < 4.78 is 13.5. The Hall–Kier alpha value is -1.35. The molecule has 5 nitrogen and oxygen atoms in total. The molecule has 1 saturated heterocycles. The predicted molar refractivity (Wildman–Crippen MR) is 129 cm³/mol. The molecule has 160 valence electrons. The first kappa shape index (κ1) is 22.3. The van der Waals surface area contributed by atoms with Gasteiger partial charge >= 0.3 is 0 Å². The molecular weight excluding hydrogens is 480 g/mol. The van der Waals surface area contributed by atoms with Gasteiger partial charge in [-0.25, -0.2) is 4.39 Å². The molecule has 2 heterocycles. The van der Waals surface area contributed by atoms with Crippen LogP contribution in [0.15, 0.2) is 29.4 Å². The van der Waals surface area contributed by atoms with E-state index in [1.165, 1.54) is 57.7 Å². The number of halogens is 2. The quantitative estimate of drug-likeness (QED) is 0.322. The van der Waals surface area contributed by atoms with Crippen LogP contribution in [-0.4, -0.2) is 54.6 Å². The third kappa shape index (κ3) is 5.63. The summed E-state index contributed by atoms with van der Waals surface area (Å²) >= 11 is 0. The SMILES string of the molecule is CN=C(NCCc1c[nH]c2ccc(F)cc12)NC1CCN(C2CCCC2)CC1.I. The van der Waals surface area contributed by atoms with Crippen molar-refractivity contribution in [1.29, 1.82) is 0 Å². The van der Waals surface area contributed by atoms with Crippen molar-refractivity contribution in [3.63, 3.8) is 0 Å². The second-order valence-electron chi connectivity index (χ2n) is 8.15. The molecule has 29 heavy (non-hydrogen) atoms. The van der Waals surface area contributed by atoms with Crippen molar-refractivity contribution >= 4 is 40.8 Å². The van der Waals surface area contributed by atoms with Crippen molar-refractivity contribution < 1.29 is 4.39 Å². The molecule has 2 aliphatic rings. The number of benzene rings is 1. The molecule has 1 saturated carbocycles. The Kier molecular flexibility index (Phi) is 8.17. The number of nitrogens with one attached hydrogen (secondary N) is 3. The van der Waals surface area contributed by atoms with E-state index in [-0.39, 0.29) is 29.8 Å². The monoisotopic (exact) mass is 513 g/mol. The van der Waals surface area contributed by atoms with Crippen LogP contribution in [0.2, 0.25) is 0 Å². The van der Waals surface area contributed by atoms with Crippen LogP contribution in [0.25, 0.3) is 10.9 Å². The fourth-order valence-corrected chi connectivity index (χ4v) is 4.74. The molecule has 3 N–H and O–H groups in total. The minimum absolute atomic E-state index is 0. The van der Waals surface area contributed by atoms with Gasteiger partial charge in [-0.05, 0) is 55.9 Å². The number of nitrogens with zero attached hydrogens (tertiary/aromatic N) is 2. The summed E-state index contributed by atoms with van der Waals surface area (Å²) in [7, 11) is 1.82. The lowest BCUT2D eigenvalue weighted by atomic mass is 10.0. The summed E-state index contributed by atoms with van der Waals surface area (Å²) in [5.74, 6) is 0.674. The van der Waals surface area contributed by atoms with Crippen molar-refractivity contribution in [2.75, 3.05) is 26.7 Å². The zero-order chi connectivity index (χ0) is 19.3. The Morgan fingerprint density at radius 3 is 2.69 bits per heavy atom. The molecule has 2 fully saturated rings. The summed E-state index contributed by atoms with van der Waals surface area (Å²) in [6, 6.07) is 6.21. The van der Waals surface area contributed by atoms with E-state index in [2.05, 4.69) is 25.5 Å². The van der Waals surface area contributed by atoms with E-state index in [9.17, 15) is 4.39 Å². The molecule has 1 aliphatic carbocycles. The van der Waals surface area contributed by atoms with Crippen molar-refractivity contribution in [3.05, 3.63) is 35.8 Å². The third-order valence-electron chi connectivity index (χ3n) is 6.35. The summed E-state index contributed by atoms with van der Waals surface area (Å²) in [4.78, 5) is 10.3. The maximum atomic E-state index is 13.5. The van der Waals surface area contributed by atoms with Gasteiger partial charge in [-0.2, -0.15) is 0 Å². The molecule has 7 heteroatoms. The van der Waals surface area contributed by atoms with Crippen LogP contribution in [0, 0.1) is 5.82 Å². The first-order valence-electron chi connectivity index (χ1n) is 10.7. The van der Waals surface area contributed by atoms with Crippen LogP contribution in [0.3, 0.4) is 0 Å². The van der Waals surface area contributed by atoms with Gasteiger partial charge in [-0.3, -0.25) is 4.99 Å². The standard InChI is InChI=1S/C22H32FN5.HI/c1-24-22(27-18-9-12-28(13-10-18)19-4-2-3-5-19)25-11-8-16-15-26-21-7-6-17(23)14-20(16)21;/h6-7,14-15,18-19,26H,2-5,8-13H2,1H3,(H2,24,25,27);1H. The Morgan fingerprint density at radius 2 is 1.97 bits per heavy atom. The van der Waals surface area contributed by atoms with Crippen LogP contribution in [0.4, 0.5) is 4.39 Å². The van der Waals surface area contributed by atoms with Crippen LogP contribution >= 0.6 is 24.0 Å². The summed E-state index contributed by atoms with van der Waals surface area (Å²) in [6.07, 6.45) is 10.7. The molecule has 0 amide bonds. The van der Waals surface area contributed by atoms with Gasteiger partial charge in [0.15, 0.2) is 5.96 Å². The Balaban J connectivity index is 0.00000240. The number of aromatic amines is 1. The lowest BCUT2D eigenvalue weighted by Gasteiger charge is -2.36. The van der Waals surface area contributed by atoms with E-state index in [0.717, 1.165) is 41.4 Å². The van der Waals surface area contributed by atoms with Gasteiger partial charge in [0.25, 0.3) is 0 Å². The smallest absolute Gasteiger partial charge is 0.191 e. The molecule has 2 aromatic rings. The van der Waals surface area contributed by atoms with Crippen molar-refractivity contribution in [2.45, 2.75) is 57.0 Å². The minimum atomic E-state index is -0.192. The number of hydrogen-bond acceptors (Lipinski definition) is 2. The number of hydrogen-bond donors (Lipinski definition) is 3. The molecule has 1 aliphatic heterocycles. The normalized spacial score (nSPS) is 19.4. The largest absolute Gasteiger partial charge is 0.361 e. The Morgan fingerprint density at radius 1 is 1.21 bits per heavy atom. The zero-order valence-corrected chi connectivity index (χ0v) is 19.5. The van der Waals surface area contributed by atoms with Gasteiger partial charge in [0.05, 0.1) is 0 Å². The molecule has 1 aromatic heterocycles. The fraction of sp³-hybridized carbons (Fsp3) is 0.591. The fourth-order valence-electron chi connectivity index (χ4n) is 4.74. The minimum Gasteiger partial charge on any atom is -0.361 e. The molecule has 1 aromatic carbocycles.